The number of carbonyl (C=O) groups excluding carboxylic acids is 1. The van der Waals surface area contributed by atoms with E-state index in [9.17, 15) is 9.90 Å². The van der Waals surface area contributed by atoms with Gasteiger partial charge in [0.15, 0.2) is 0 Å². The maximum absolute atomic E-state index is 11.7. The third-order valence-electron chi connectivity index (χ3n) is 3.99. The van der Waals surface area contributed by atoms with E-state index in [4.69, 9.17) is 4.74 Å². The molecular formula is C15H28O3. The van der Waals surface area contributed by atoms with E-state index in [-0.39, 0.29) is 23.9 Å². The van der Waals surface area contributed by atoms with E-state index in [0.717, 1.165) is 12.8 Å². The first-order valence-corrected chi connectivity index (χ1v) is 7.09. The van der Waals surface area contributed by atoms with E-state index >= 15 is 0 Å². The van der Waals surface area contributed by atoms with Crippen molar-refractivity contribution in [1.82, 2.24) is 0 Å². The molecule has 0 saturated heterocycles. The van der Waals surface area contributed by atoms with Gasteiger partial charge >= 0.3 is 5.97 Å². The molecule has 1 fully saturated rings. The van der Waals surface area contributed by atoms with Crippen LogP contribution in [0.4, 0.5) is 0 Å². The van der Waals surface area contributed by atoms with Crippen LogP contribution in [0.2, 0.25) is 0 Å². The standard InChI is InChI=1S/C15H28O3/c1-10(2)12-6-7-15(4,5)9-13(12)18-14(17)8-11(3)16/h10-13,16H,6-9H2,1-5H3. The van der Waals surface area contributed by atoms with E-state index in [0.29, 0.717) is 11.8 Å². The third-order valence-corrected chi connectivity index (χ3v) is 3.99. The second-order valence-electron chi connectivity index (χ2n) is 6.90. The lowest BCUT2D eigenvalue weighted by Gasteiger charge is -2.41. The summed E-state index contributed by atoms with van der Waals surface area (Å²) in [5.41, 5.74) is 0.251. The molecular weight excluding hydrogens is 228 g/mol. The van der Waals surface area contributed by atoms with Crippen LogP contribution in [0.1, 0.15) is 60.3 Å². The summed E-state index contributed by atoms with van der Waals surface area (Å²) in [4.78, 5) is 11.7. The van der Waals surface area contributed by atoms with E-state index in [1.807, 2.05) is 0 Å². The highest BCUT2D eigenvalue weighted by molar-refractivity contribution is 5.70. The molecule has 0 aromatic rings. The van der Waals surface area contributed by atoms with Crippen molar-refractivity contribution >= 4 is 5.97 Å². The maximum Gasteiger partial charge on any atom is 0.308 e. The van der Waals surface area contributed by atoms with Crippen LogP contribution in [-0.4, -0.2) is 23.3 Å². The highest BCUT2D eigenvalue weighted by Crippen LogP contribution is 2.42. The highest BCUT2D eigenvalue weighted by atomic mass is 16.5. The average molecular weight is 256 g/mol. The minimum atomic E-state index is -0.619. The van der Waals surface area contributed by atoms with Gasteiger partial charge in [-0.3, -0.25) is 4.79 Å². The normalized spacial score (nSPS) is 29.1. The largest absolute Gasteiger partial charge is 0.462 e. The van der Waals surface area contributed by atoms with Gasteiger partial charge in [-0.05, 0) is 43.4 Å². The molecule has 1 rings (SSSR count). The Morgan fingerprint density at radius 3 is 2.50 bits per heavy atom. The van der Waals surface area contributed by atoms with Crippen molar-refractivity contribution in [2.24, 2.45) is 17.3 Å². The van der Waals surface area contributed by atoms with Crippen molar-refractivity contribution in [2.75, 3.05) is 0 Å². The average Bonchev–Trinajstić information content (AvgIpc) is 2.13. The molecule has 1 aliphatic carbocycles. The van der Waals surface area contributed by atoms with Gasteiger partial charge < -0.3 is 9.84 Å². The minimum absolute atomic E-state index is 0.0139. The SMILES string of the molecule is CC(O)CC(=O)OC1CC(C)(C)CCC1C(C)C. The van der Waals surface area contributed by atoms with Gasteiger partial charge in [0, 0.05) is 0 Å². The first kappa shape index (κ1) is 15.5. The Morgan fingerprint density at radius 1 is 1.39 bits per heavy atom. The summed E-state index contributed by atoms with van der Waals surface area (Å²) in [6.45, 7) is 10.5. The lowest BCUT2D eigenvalue weighted by atomic mass is 9.68. The first-order valence-electron chi connectivity index (χ1n) is 7.09. The smallest absolute Gasteiger partial charge is 0.308 e. The number of ether oxygens (including phenoxy) is 1. The molecule has 0 aliphatic heterocycles. The van der Waals surface area contributed by atoms with Crippen molar-refractivity contribution in [1.29, 1.82) is 0 Å². The van der Waals surface area contributed by atoms with Gasteiger partial charge in [0.25, 0.3) is 0 Å². The van der Waals surface area contributed by atoms with E-state index in [2.05, 4.69) is 27.7 Å². The van der Waals surface area contributed by atoms with Gasteiger partial charge in [0.1, 0.15) is 6.10 Å². The van der Waals surface area contributed by atoms with Crippen molar-refractivity contribution in [3.8, 4) is 0 Å². The van der Waals surface area contributed by atoms with Gasteiger partial charge in [0.05, 0.1) is 12.5 Å². The van der Waals surface area contributed by atoms with Gasteiger partial charge in [-0.25, -0.2) is 0 Å². The van der Waals surface area contributed by atoms with Gasteiger partial charge in [-0.2, -0.15) is 0 Å². The molecule has 106 valence electrons. The van der Waals surface area contributed by atoms with Crippen molar-refractivity contribution in [3.05, 3.63) is 0 Å². The number of esters is 1. The zero-order valence-corrected chi connectivity index (χ0v) is 12.4. The Labute approximate surface area is 111 Å². The van der Waals surface area contributed by atoms with Crippen LogP contribution in [0.25, 0.3) is 0 Å². The van der Waals surface area contributed by atoms with Crippen molar-refractivity contribution in [2.45, 2.75) is 72.5 Å². The fourth-order valence-corrected chi connectivity index (χ4v) is 2.89. The highest BCUT2D eigenvalue weighted by Gasteiger charge is 2.38. The summed E-state index contributed by atoms with van der Waals surface area (Å²) >= 11 is 0. The zero-order valence-electron chi connectivity index (χ0n) is 12.4. The van der Waals surface area contributed by atoms with Crippen molar-refractivity contribution in [3.63, 3.8) is 0 Å². The monoisotopic (exact) mass is 256 g/mol. The number of carbonyl (C=O) groups is 1. The molecule has 3 unspecified atom stereocenters. The fourth-order valence-electron chi connectivity index (χ4n) is 2.89. The second-order valence-corrected chi connectivity index (χ2v) is 6.90. The number of hydrogen-bond acceptors (Lipinski definition) is 3. The quantitative estimate of drug-likeness (QED) is 0.786. The lowest BCUT2D eigenvalue weighted by Crippen LogP contribution is -2.39. The molecule has 3 atom stereocenters. The van der Waals surface area contributed by atoms with Crippen LogP contribution < -0.4 is 0 Å². The topological polar surface area (TPSA) is 46.5 Å². The number of hydrogen-bond donors (Lipinski definition) is 1. The Kier molecular flexibility index (Phi) is 5.20. The number of aliphatic hydroxyl groups excluding tert-OH is 1. The minimum Gasteiger partial charge on any atom is -0.462 e. The fraction of sp³-hybridized carbons (Fsp3) is 0.933. The van der Waals surface area contributed by atoms with Crippen LogP contribution >= 0.6 is 0 Å². The van der Waals surface area contributed by atoms with E-state index in [1.54, 1.807) is 6.92 Å². The summed E-state index contributed by atoms with van der Waals surface area (Å²) < 4.78 is 5.61. The maximum atomic E-state index is 11.7. The summed E-state index contributed by atoms with van der Waals surface area (Å²) in [5, 5.41) is 9.23. The number of rotatable bonds is 4. The second kappa shape index (κ2) is 6.05. The predicted octanol–water partition coefficient (Wildman–Crippen LogP) is 3.15. The summed E-state index contributed by atoms with van der Waals surface area (Å²) in [7, 11) is 0. The molecule has 3 nitrogen and oxygen atoms in total. The van der Waals surface area contributed by atoms with Gasteiger partial charge in [-0.15, -0.1) is 0 Å². The van der Waals surface area contributed by atoms with E-state index in [1.165, 1.54) is 6.42 Å². The molecule has 0 radical (unpaired) electrons. The van der Waals surface area contributed by atoms with Gasteiger partial charge in [0.2, 0.25) is 0 Å². The summed E-state index contributed by atoms with van der Waals surface area (Å²) in [6.07, 6.45) is 2.74. The summed E-state index contributed by atoms with van der Waals surface area (Å²) in [6, 6.07) is 0. The lowest BCUT2D eigenvalue weighted by molar-refractivity contribution is -0.159. The molecule has 0 aromatic carbocycles. The van der Waals surface area contributed by atoms with E-state index < -0.39 is 6.10 Å². The Balaban J connectivity index is 2.64. The third kappa shape index (κ3) is 4.60. The van der Waals surface area contributed by atoms with Crippen LogP contribution in [0.15, 0.2) is 0 Å². The molecule has 3 heteroatoms. The van der Waals surface area contributed by atoms with Crippen molar-refractivity contribution < 1.29 is 14.6 Å². The molecule has 1 aliphatic rings. The predicted molar refractivity (Wildman–Crippen MR) is 72.1 cm³/mol. The number of aliphatic hydroxyl groups is 1. The molecule has 1 saturated carbocycles. The molecule has 0 amide bonds. The molecule has 0 bridgehead atoms. The molecule has 18 heavy (non-hydrogen) atoms. The first-order chi connectivity index (χ1) is 8.21. The van der Waals surface area contributed by atoms with Crippen LogP contribution in [0, 0.1) is 17.3 Å². The molecule has 1 N–H and O–H groups in total. The van der Waals surface area contributed by atoms with Crippen LogP contribution in [0.5, 0.6) is 0 Å². The van der Waals surface area contributed by atoms with Gasteiger partial charge in [-0.1, -0.05) is 27.7 Å². The molecule has 0 heterocycles. The van der Waals surface area contributed by atoms with Crippen LogP contribution in [-0.2, 0) is 9.53 Å². The summed E-state index contributed by atoms with van der Waals surface area (Å²) in [5.74, 6) is 0.722. The zero-order chi connectivity index (χ0) is 13.9. The Morgan fingerprint density at radius 2 is 2.00 bits per heavy atom. The molecule has 0 spiro atoms. The Hall–Kier alpha value is -0.570. The Bertz CT molecular complexity index is 281. The molecule has 0 aromatic heterocycles. The van der Waals surface area contributed by atoms with Crippen LogP contribution in [0.3, 0.4) is 0 Å².